The van der Waals surface area contributed by atoms with Crippen LogP contribution in [0.1, 0.15) is 41.7 Å². The summed E-state index contributed by atoms with van der Waals surface area (Å²) in [5.41, 5.74) is -0.294. The molecule has 10 nitrogen and oxygen atoms in total. The first kappa shape index (κ1) is 26.8. The lowest BCUT2D eigenvalue weighted by atomic mass is 10.0. The molecule has 0 spiro atoms. The van der Waals surface area contributed by atoms with Gasteiger partial charge in [0.05, 0.1) is 5.56 Å². The fourth-order valence-electron chi connectivity index (χ4n) is 4.54. The van der Waals surface area contributed by atoms with E-state index < -0.39 is 29.3 Å². The van der Waals surface area contributed by atoms with Crippen molar-refractivity contribution >= 4 is 17.6 Å². The van der Waals surface area contributed by atoms with Crippen molar-refractivity contribution < 1.29 is 32.6 Å². The number of rotatable bonds is 8. The highest BCUT2D eigenvalue weighted by Crippen LogP contribution is 2.33. The van der Waals surface area contributed by atoms with Gasteiger partial charge in [-0.3, -0.25) is 9.59 Å². The smallest absolute Gasteiger partial charge is 0.435 e. The van der Waals surface area contributed by atoms with Crippen LogP contribution in [0.25, 0.3) is 16.9 Å². The number of pyridine rings is 1. The van der Waals surface area contributed by atoms with Crippen LogP contribution in [0, 0.1) is 5.92 Å². The summed E-state index contributed by atoms with van der Waals surface area (Å²) in [4.78, 5) is 36.1. The first-order valence-electron chi connectivity index (χ1n) is 12.4. The number of nitrogens with zero attached hydrogens (tertiary/aromatic N) is 5. The molecule has 13 heteroatoms. The molecule has 4 aromatic rings. The molecule has 0 bridgehead atoms. The Morgan fingerprint density at radius 1 is 1.02 bits per heavy atom. The molecule has 1 aliphatic rings. The second kappa shape index (κ2) is 11.1. The molecule has 1 aromatic carbocycles. The summed E-state index contributed by atoms with van der Waals surface area (Å²) in [5.74, 6) is -1.57. The fourth-order valence-corrected chi connectivity index (χ4v) is 4.54. The van der Waals surface area contributed by atoms with Gasteiger partial charge in [-0.15, -0.1) is 0 Å². The van der Waals surface area contributed by atoms with Crippen LogP contribution in [0.3, 0.4) is 0 Å². The van der Waals surface area contributed by atoms with Crippen molar-refractivity contribution in [1.29, 1.82) is 0 Å². The summed E-state index contributed by atoms with van der Waals surface area (Å²) in [5, 5.41) is 15.0. The zero-order valence-electron chi connectivity index (χ0n) is 20.9. The fraction of sp³-hybridized carbons (Fsp3) is 0.259. The van der Waals surface area contributed by atoms with Crippen LogP contribution < -0.4 is 10.1 Å². The number of alkyl halides is 3. The number of amides is 1. The SMILES string of the molecule is O=C(O)C[C@H]1CC[C@@H](Oc2ncc(-c3ccc(NC(=O)c4cn(-c5ccccn5)nc4C(F)(F)F)cc3)cn2)C1. The molecule has 3 aromatic heterocycles. The van der Waals surface area contributed by atoms with Gasteiger partial charge in [-0.25, -0.2) is 19.6 Å². The molecule has 1 fully saturated rings. The van der Waals surface area contributed by atoms with Gasteiger partial charge in [0, 0.05) is 42.5 Å². The molecule has 2 atom stereocenters. The van der Waals surface area contributed by atoms with Crippen LogP contribution >= 0.6 is 0 Å². The van der Waals surface area contributed by atoms with Gasteiger partial charge in [-0.05, 0) is 55.0 Å². The average Bonchev–Trinajstić information content (AvgIpc) is 3.57. The number of carbonyl (C=O) groups is 2. The van der Waals surface area contributed by atoms with Crippen molar-refractivity contribution in [2.24, 2.45) is 5.92 Å². The van der Waals surface area contributed by atoms with Crippen LogP contribution in [0.15, 0.2) is 67.3 Å². The normalized spacial score (nSPS) is 17.0. The molecule has 3 heterocycles. The van der Waals surface area contributed by atoms with Crippen LogP contribution in [-0.4, -0.2) is 47.8 Å². The monoisotopic (exact) mass is 552 g/mol. The van der Waals surface area contributed by atoms with Gasteiger partial charge in [-0.1, -0.05) is 18.2 Å². The maximum Gasteiger partial charge on any atom is 0.435 e. The molecule has 5 rings (SSSR count). The van der Waals surface area contributed by atoms with E-state index in [0.29, 0.717) is 17.5 Å². The minimum absolute atomic E-state index is 0.0814. The number of hydrogen-bond donors (Lipinski definition) is 2. The Kier molecular flexibility index (Phi) is 7.45. The molecular weight excluding hydrogens is 529 g/mol. The minimum Gasteiger partial charge on any atom is -0.481 e. The van der Waals surface area contributed by atoms with Crippen molar-refractivity contribution in [3.63, 3.8) is 0 Å². The zero-order valence-corrected chi connectivity index (χ0v) is 20.9. The van der Waals surface area contributed by atoms with Crippen molar-refractivity contribution in [2.75, 3.05) is 5.32 Å². The van der Waals surface area contributed by atoms with Gasteiger partial charge < -0.3 is 15.2 Å². The van der Waals surface area contributed by atoms with Crippen molar-refractivity contribution in [1.82, 2.24) is 24.7 Å². The lowest BCUT2D eigenvalue weighted by Crippen LogP contribution is -2.17. The molecule has 206 valence electrons. The van der Waals surface area contributed by atoms with E-state index >= 15 is 0 Å². The summed E-state index contributed by atoms with van der Waals surface area (Å²) in [6.45, 7) is 0. The standard InChI is InChI=1S/C27H23F3N6O4/c28-27(29,30)24-21(15-36(35-24)22-3-1-2-10-31-22)25(39)34-19-7-5-17(6-8-19)18-13-32-26(33-14-18)40-20-9-4-16(11-20)12-23(37)38/h1-3,5-8,10,13-16,20H,4,9,11-12H2,(H,34,39)(H,37,38)/t16-,20+/m0/s1. The number of nitrogens with one attached hydrogen (secondary N) is 1. The molecular formula is C27H23F3N6O4. The van der Waals surface area contributed by atoms with E-state index in [1.54, 1.807) is 48.8 Å². The lowest BCUT2D eigenvalue weighted by molar-refractivity contribution is -0.141. The summed E-state index contributed by atoms with van der Waals surface area (Å²) in [6, 6.07) is 11.3. The van der Waals surface area contributed by atoms with Crippen LogP contribution in [-0.2, 0) is 11.0 Å². The van der Waals surface area contributed by atoms with Crippen LogP contribution in [0.5, 0.6) is 6.01 Å². The molecule has 1 aliphatic carbocycles. The third-order valence-corrected chi connectivity index (χ3v) is 6.44. The van der Waals surface area contributed by atoms with E-state index in [1.807, 2.05) is 0 Å². The first-order valence-corrected chi connectivity index (χ1v) is 12.4. The van der Waals surface area contributed by atoms with E-state index in [4.69, 9.17) is 9.84 Å². The summed E-state index contributed by atoms with van der Waals surface area (Å²) >= 11 is 0. The predicted octanol–water partition coefficient (Wildman–Crippen LogP) is 5.02. The molecule has 40 heavy (non-hydrogen) atoms. The van der Waals surface area contributed by atoms with Crippen molar-refractivity contribution in [3.8, 4) is 23.0 Å². The molecule has 0 saturated heterocycles. The topological polar surface area (TPSA) is 132 Å². The first-order chi connectivity index (χ1) is 19.2. The van der Waals surface area contributed by atoms with Gasteiger partial charge in [0.25, 0.3) is 5.91 Å². The number of carboxylic acid groups (broad SMARTS) is 1. The van der Waals surface area contributed by atoms with E-state index in [0.717, 1.165) is 23.7 Å². The highest BCUT2D eigenvalue weighted by molar-refractivity contribution is 6.05. The second-order valence-electron chi connectivity index (χ2n) is 9.32. The quantitative estimate of drug-likeness (QED) is 0.312. The van der Waals surface area contributed by atoms with Crippen LogP contribution in [0.4, 0.5) is 18.9 Å². The van der Waals surface area contributed by atoms with E-state index in [9.17, 15) is 22.8 Å². The highest BCUT2D eigenvalue weighted by Gasteiger charge is 2.39. The molecule has 0 aliphatic heterocycles. The minimum atomic E-state index is -4.84. The number of carboxylic acids is 1. The van der Waals surface area contributed by atoms with Gasteiger partial charge in [0.2, 0.25) is 0 Å². The number of aliphatic carboxylic acids is 1. The number of aromatic nitrogens is 5. The van der Waals surface area contributed by atoms with Crippen molar-refractivity contribution in [3.05, 3.63) is 78.5 Å². The third kappa shape index (κ3) is 6.25. The maximum absolute atomic E-state index is 13.6. The Labute approximate surface area is 225 Å². The van der Waals surface area contributed by atoms with Gasteiger partial charge in [-0.2, -0.15) is 18.3 Å². The third-order valence-electron chi connectivity index (χ3n) is 6.44. The number of halogens is 3. The highest BCUT2D eigenvalue weighted by atomic mass is 19.4. The number of anilines is 1. The Balaban J connectivity index is 1.24. The molecule has 1 amide bonds. The van der Waals surface area contributed by atoms with Gasteiger partial charge in [0.15, 0.2) is 11.5 Å². The van der Waals surface area contributed by atoms with E-state index in [-0.39, 0.29) is 36.0 Å². The Morgan fingerprint density at radius 2 is 1.77 bits per heavy atom. The molecule has 2 N–H and O–H groups in total. The molecule has 0 unspecified atom stereocenters. The largest absolute Gasteiger partial charge is 0.481 e. The number of ether oxygens (including phenoxy) is 1. The number of carbonyl (C=O) groups excluding carboxylic acids is 1. The summed E-state index contributed by atoms with van der Waals surface area (Å²) < 4.78 is 47.5. The lowest BCUT2D eigenvalue weighted by Gasteiger charge is -2.12. The van der Waals surface area contributed by atoms with Gasteiger partial charge in [0.1, 0.15) is 6.10 Å². The second-order valence-corrected chi connectivity index (χ2v) is 9.32. The average molecular weight is 553 g/mol. The summed E-state index contributed by atoms with van der Waals surface area (Å²) in [6.07, 6.45) is 2.85. The van der Waals surface area contributed by atoms with E-state index in [1.165, 1.54) is 12.3 Å². The van der Waals surface area contributed by atoms with Gasteiger partial charge >= 0.3 is 18.2 Å². The zero-order chi connectivity index (χ0) is 28.3. The van der Waals surface area contributed by atoms with E-state index in [2.05, 4.69) is 25.4 Å². The molecule has 0 radical (unpaired) electrons. The Hall–Kier alpha value is -4.81. The predicted molar refractivity (Wildman–Crippen MR) is 136 cm³/mol. The Bertz CT molecular complexity index is 1490. The Morgan fingerprint density at radius 3 is 2.42 bits per heavy atom. The van der Waals surface area contributed by atoms with Crippen molar-refractivity contribution in [2.45, 2.75) is 38.0 Å². The number of benzene rings is 1. The summed E-state index contributed by atoms with van der Waals surface area (Å²) in [7, 11) is 0. The molecule has 1 saturated carbocycles. The maximum atomic E-state index is 13.6. The number of hydrogen-bond acceptors (Lipinski definition) is 7. The van der Waals surface area contributed by atoms with Crippen LogP contribution in [0.2, 0.25) is 0 Å².